The van der Waals surface area contributed by atoms with Gasteiger partial charge in [0.25, 0.3) is 0 Å². The topological polar surface area (TPSA) is 92.0 Å². The highest BCUT2D eigenvalue weighted by molar-refractivity contribution is 5.86. The van der Waals surface area contributed by atoms with Crippen LogP contribution in [0.5, 0.6) is 5.75 Å². The fourth-order valence-electron chi connectivity index (χ4n) is 3.60. The van der Waals surface area contributed by atoms with E-state index >= 15 is 0 Å². The maximum absolute atomic E-state index is 10.3. The van der Waals surface area contributed by atoms with Crippen molar-refractivity contribution in [3.63, 3.8) is 0 Å². The first-order valence-electron chi connectivity index (χ1n) is 9.17. The van der Waals surface area contributed by atoms with Crippen molar-refractivity contribution < 1.29 is 5.11 Å². The summed E-state index contributed by atoms with van der Waals surface area (Å²) < 4.78 is 1.72. The quantitative estimate of drug-likeness (QED) is 0.732. The standard InChI is InChI=1S/C19H25N7O/c1-19(2,3)21-13-5-6-26(11-13)18-20-9-16(22-23-18)14-7-12-10-25(4)24-15(12)8-17(14)27/h7-10,13,21,27H,5-6,11H2,1-4H3/t13-/m1/s1. The van der Waals surface area contributed by atoms with E-state index in [9.17, 15) is 5.11 Å². The Bertz CT molecular complexity index is 959. The summed E-state index contributed by atoms with van der Waals surface area (Å²) in [7, 11) is 1.85. The van der Waals surface area contributed by atoms with Crippen LogP contribution < -0.4 is 10.2 Å². The average Bonchev–Trinajstić information content (AvgIpc) is 3.18. The first-order chi connectivity index (χ1) is 12.8. The SMILES string of the molecule is Cn1cc2cc(-c3cnc(N4CC[C@@H](NC(C)(C)C)C4)nn3)c(O)cc2n1. The van der Waals surface area contributed by atoms with Gasteiger partial charge in [-0.3, -0.25) is 4.68 Å². The Morgan fingerprint density at radius 2 is 2.04 bits per heavy atom. The molecule has 8 nitrogen and oxygen atoms in total. The summed E-state index contributed by atoms with van der Waals surface area (Å²) in [6.07, 6.45) is 4.63. The number of hydrogen-bond acceptors (Lipinski definition) is 7. The van der Waals surface area contributed by atoms with Gasteiger partial charge in [0, 0.05) is 54.9 Å². The molecule has 3 heterocycles. The van der Waals surface area contributed by atoms with E-state index in [4.69, 9.17) is 0 Å². The number of phenols is 1. The van der Waals surface area contributed by atoms with Gasteiger partial charge in [0.15, 0.2) is 0 Å². The minimum absolute atomic E-state index is 0.0894. The van der Waals surface area contributed by atoms with Crippen LogP contribution in [0.3, 0.4) is 0 Å². The van der Waals surface area contributed by atoms with Crippen molar-refractivity contribution in [3.8, 4) is 17.0 Å². The number of hydrogen-bond donors (Lipinski definition) is 2. The summed E-state index contributed by atoms with van der Waals surface area (Å²) in [5, 5.41) is 27.8. The molecule has 1 fully saturated rings. The van der Waals surface area contributed by atoms with Gasteiger partial charge >= 0.3 is 0 Å². The average molecular weight is 367 g/mol. The van der Waals surface area contributed by atoms with Crippen LogP contribution in [0.15, 0.2) is 24.5 Å². The number of aryl methyl sites for hydroxylation is 1. The van der Waals surface area contributed by atoms with Crippen molar-refractivity contribution >= 4 is 16.9 Å². The lowest BCUT2D eigenvalue weighted by Gasteiger charge is -2.25. The Kier molecular flexibility index (Phi) is 4.22. The molecule has 3 aromatic rings. The van der Waals surface area contributed by atoms with E-state index in [1.807, 2.05) is 19.3 Å². The molecule has 142 valence electrons. The molecule has 1 aromatic carbocycles. The lowest BCUT2D eigenvalue weighted by molar-refractivity contribution is 0.373. The van der Waals surface area contributed by atoms with E-state index in [1.54, 1.807) is 16.9 Å². The molecule has 8 heteroatoms. The number of rotatable bonds is 3. The zero-order chi connectivity index (χ0) is 19.2. The monoisotopic (exact) mass is 367 g/mol. The van der Waals surface area contributed by atoms with Crippen molar-refractivity contribution in [2.45, 2.75) is 38.8 Å². The molecule has 0 amide bonds. The summed E-state index contributed by atoms with van der Waals surface area (Å²) in [4.78, 5) is 6.63. The molecule has 0 unspecified atom stereocenters. The number of aromatic hydroxyl groups is 1. The first kappa shape index (κ1) is 17.7. The van der Waals surface area contributed by atoms with Crippen LogP contribution in [0.25, 0.3) is 22.2 Å². The highest BCUT2D eigenvalue weighted by Crippen LogP contribution is 2.31. The molecule has 0 saturated carbocycles. The third-order valence-corrected chi connectivity index (χ3v) is 4.67. The highest BCUT2D eigenvalue weighted by Gasteiger charge is 2.27. The molecule has 1 saturated heterocycles. The smallest absolute Gasteiger partial charge is 0.245 e. The number of nitrogens with one attached hydrogen (secondary N) is 1. The summed E-state index contributed by atoms with van der Waals surface area (Å²) >= 11 is 0. The van der Waals surface area contributed by atoms with Gasteiger partial charge < -0.3 is 15.3 Å². The number of fused-ring (bicyclic) bond motifs is 1. The predicted octanol–water partition coefficient (Wildman–Crippen LogP) is 2.10. The van der Waals surface area contributed by atoms with Crippen LogP contribution in [-0.2, 0) is 7.05 Å². The molecule has 1 aliphatic heterocycles. The first-order valence-corrected chi connectivity index (χ1v) is 9.17. The highest BCUT2D eigenvalue weighted by atomic mass is 16.3. The second-order valence-electron chi connectivity index (χ2n) is 8.20. The van der Waals surface area contributed by atoms with Gasteiger partial charge in [-0.05, 0) is 33.3 Å². The maximum atomic E-state index is 10.3. The Morgan fingerprint density at radius 3 is 2.74 bits per heavy atom. The molecule has 2 aromatic heterocycles. The second-order valence-corrected chi connectivity index (χ2v) is 8.20. The maximum Gasteiger partial charge on any atom is 0.245 e. The second kappa shape index (κ2) is 6.45. The zero-order valence-electron chi connectivity index (χ0n) is 16.1. The number of benzene rings is 1. The molecule has 1 aliphatic rings. The van der Waals surface area contributed by atoms with Crippen molar-refractivity contribution in [1.82, 2.24) is 30.3 Å². The predicted molar refractivity (Wildman–Crippen MR) is 105 cm³/mol. The summed E-state index contributed by atoms with van der Waals surface area (Å²) in [5.74, 6) is 0.750. The van der Waals surface area contributed by atoms with Crippen molar-refractivity contribution in [2.75, 3.05) is 18.0 Å². The van der Waals surface area contributed by atoms with Crippen molar-refractivity contribution in [3.05, 3.63) is 24.5 Å². The number of aromatic nitrogens is 5. The van der Waals surface area contributed by atoms with Gasteiger partial charge in [0.05, 0.1) is 11.7 Å². The Hall–Kier alpha value is -2.74. The Labute approximate surface area is 158 Å². The van der Waals surface area contributed by atoms with Crippen LogP contribution in [0, 0.1) is 0 Å². The number of phenolic OH excluding ortho intramolecular Hbond substituents is 1. The minimum atomic E-state index is 0.0894. The summed E-state index contributed by atoms with van der Waals surface area (Å²) in [5.41, 5.74) is 1.98. The van der Waals surface area contributed by atoms with Gasteiger partial charge in [-0.15, -0.1) is 10.2 Å². The van der Waals surface area contributed by atoms with Gasteiger partial charge in [-0.2, -0.15) is 5.10 Å². The molecule has 2 N–H and O–H groups in total. The van der Waals surface area contributed by atoms with Gasteiger partial charge in [0.1, 0.15) is 11.4 Å². The summed E-state index contributed by atoms with van der Waals surface area (Å²) in [6, 6.07) is 3.93. The Morgan fingerprint density at radius 1 is 1.22 bits per heavy atom. The van der Waals surface area contributed by atoms with E-state index in [2.05, 4.69) is 51.3 Å². The van der Waals surface area contributed by atoms with Crippen molar-refractivity contribution in [1.29, 1.82) is 0 Å². The normalized spacial score (nSPS) is 17.8. The third kappa shape index (κ3) is 3.71. The number of anilines is 1. The zero-order valence-corrected chi connectivity index (χ0v) is 16.1. The molecule has 0 bridgehead atoms. The third-order valence-electron chi connectivity index (χ3n) is 4.67. The lowest BCUT2D eigenvalue weighted by Crippen LogP contribution is -2.45. The Balaban J connectivity index is 1.54. The molecule has 4 rings (SSSR count). The van der Waals surface area contributed by atoms with E-state index in [1.165, 1.54) is 0 Å². The molecule has 0 spiro atoms. The van der Waals surface area contributed by atoms with Crippen LogP contribution in [0.2, 0.25) is 0 Å². The van der Waals surface area contributed by atoms with E-state index < -0.39 is 0 Å². The molecular formula is C19H25N7O. The van der Waals surface area contributed by atoms with Gasteiger partial charge in [-0.1, -0.05) is 0 Å². The van der Waals surface area contributed by atoms with Crippen LogP contribution >= 0.6 is 0 Å². The largest absolute Gasteiger partial charge is 0.507 e. The van der Waals surface area contributed by atoms with Crippen LogP contribution in [-0.4, -0.2) is 54.7 Å². The minimum Gasteiger partial charge on any atom is -0.507 e. The fraction of sp³-hybridized carbons (Fsp3) is 0.474. The van der Waals surface area contributed by atoms with Crippen LogP contribution in [0.4, 0.5) is 5.95 Å². The lowest BCUT2D eigenvalue weighted by atomic mass is 10.1. The van der Waals surface area contributed by atoms with E-state index in [0.717, 1.165) is 30.4 Å². The summed E-state index contributed by atoms with van der Waals surface area (Å²) in [6.45, 7) is 8.29. The number of nitrogens with zero attached hydrogens (tertiary/aromatic N) is 6. The molecular weight excluding hydrogens is 342 g/mol. The van der Waals surface area contributed by atoms with Gasteiger partial charge in [-0.25, -0.2) is 4.98 Å². The molecule has 0 aliphatic carbocycles. The molecule has 27 heavy (non-hydrogen) atoms. The van der Waals surface area contributed by atoms with E-state index in [-0.39, 0.29) is 11.3 Å². The van der Waals surface area contributed by atoms with Crippen LogP contribution in [0.1, 0.15) is 27.2 Å². The van der Waals surface area contributed by atoms with E-state index in [0.29, 0.717) is 23.2 Å². The fourth-order valence-corrected chi connectivity index (χ4v) is 3.60. The van der Waals surface area contributed by atoms with Gasteiger partial charge in [0.2, 0.25) is 5.95 Å². The molecule has 0 radical (unpaired) electrons. The van der Waals surface area contributed by atoms with Crippen molar-refractivity contribution in [2.24, 2.45) is 7.05 Å². The molecule has 1 atom stereocenters.